The van der Waals surface area contributed by atoms with Gasteiger partial charge in [-0.25, -0.2) is 0 Å². The van der Waals surface area contributed by atoms with Crippen LogP contribution in [0.4, 0.5) is 0 Å². The van der Waals surface area contributed by atoms with Crippen molar-refractivity contribution in [1.82, 2.24) is 5.32 Å². The van der Waals surface area contributed by atoms with Crippen LogP contribution in [0.2, 0.25) is 0 Å². The minimum Gasteiger partial charge on any atom is -0.466 e. The van der Waals surface area contributed by atoms with Crippen LogP contribution >= 0.6 is 0 Å². The van der Waals surface area contributed by atoms with Crippen molar-refractivity contribution in [2.24, 2.45) is 0 Å². The topological polar surface area (TPSA) is 95.9 Å². The second-order valence-electron chi connectivity index (χ2n) is 21.4. The molecule has 0 aliphatic heterocycles. The molecular formula is C62H121NO5. The molecule has 0 saturated carbocycles. The average Bonchev–Trinajstić information content (AvgIpc) is 3.34. The zero-order valence-electron chi connectivity index (χ0n) is 46.1. The van der Waals surface area contributed by atoms with Crippen molar-refractivity contribution in [2.75, 3.05) is 13.2 Å². The van der Waals surface area contributed by atoms with Gasteiger partial charge < -0.3 is 20.3 Å². The molecule has 0 radical (unpaired) electrons. The van der Waals surface area contributed by atoms with E-state index in [-0.39, 0.29) is 18.5 Å². The highest BCUT2D eigenvalue weighted by Crippen LogP contribution is 2.18. The number of carbonyl (C=O) groups is 2. The van der Waals surface area contributed by atoms with Crippen LogP contribution < -0.4 is 5.32 Å². The number of allylic oxidation sites excluding steroid dienone is 1. The molecule has 0 saturated heterocycles. The first kappa shape index (κ1) is 66.6. The highest BCUT2D eigenvalue weighted by Gasteiger charge is 2.18. The Hall–Kier alpha value is -1.40. The lowest BCUT2D eigenvalue weighted by molar-refractivity contribution is -0.143. The molecule has 2 unspecified atom stereocenters. The Balaban J connectivity index is 3.43. The van der Waals surface area contributed by atoms with E-state index in [1.165, 1.54) is 283 Å². The second kappa shape index (κ2) is 58.2. The summed E-state index contributed by atoms with van der Waals surface area (Å²) < 4.78 is 5.47. The second-order valence-corrected chi connectivity index (χ2v) is 21.4. The average molecular weight is 961 g/mol. The lowest BCUT2D eigenvalue weighted by Crippen LogP contribution is -2.45. The van der Waals surface area contributed by atoms with Crippen LogP contribution in [-0.2, 0) is 14.3 Å². The van der Waals surface area contributed by atoms with Gasteiger partial charge in [-0.2, -0.15) is 0 Å². The summed E-state index contributed by atoms with van der Waals surface area (Å²) >= 11 is 0. The van der Waals surface area contributed by atoms with Gasteiger partial charge in [0.1, 0.15) is 0 Å². The molecule has 0 aromatic heterocycles. The third-order valence-electron chi connectivity index (χ3n) is 14.6. The van der Waals surface area contributed by atoms with Gasteiger partial charge >= 0.3 is 5.97 Å². The van der Waals surface area contributed by atoms with Crippen molar-refractivity contribution in [3.05, 3.63) is 12.2 Å². The fourth-order valence-electron chi connectivity index (χ4n) is 9.81. The van der Waals surface area contributed by atoms with E-state index in [9.17, 15) is 19.8 Å². The van der Waals surface area contributed by atoms with Crippen molar-refractivity contribution in [3.8, 4) is 0 Å². The van der Waals surface area contributed by atoms with Gasteiger partial charge in [-0.3, -0.25) is 9.59 Å². The Labute approximate surface area is 425 Å². The predicted octanol–water partition coefficient (Wildman–Crippen LogP) is 19.2. The van der Waals surface area contributed by atoms with Gasteiger partial charge in [0.25, 0.3) is 0 Å². The Morgan fingerprint density at radius 3 is 1.00 bits per heavy atom. The normalized spacial score (nSPS) is 12.6. The number of carbonyl (C=O) groups excluding carboxylic acids is 2. The lowest BCUT2D eigenvalue weighted by Gasteiger charge is -2.20. The minimum atomic E-state index is -0.845. The Morgan fingerprint density at radius 1 is 0.397 bits per heavy atom. The Kier molecular flexibility index (Phi) is 57.0. The first-order chi connectivity index (χ1) is 33.5. The van der Waals surface area contributed by atoms with E-state index in [1.54, 1.807) is 6.08 Å². The predicted molar refractivity (Wildman–Crippen MR) is 297 cm³/mol. The largest absolute Gasteiger partial charge is 0.466 e. The van der Waals surface area contributed by atoms with E-state index in [4.69, 9.17) is 4.74 Å². The molecule has 0 bridgehead atoms. The number of hydrogen-bond acceptors (Lipinski definition) is 5. The summed E-state index contributed by atoms with van der Waals surface area (Å²) in [7, 11) is 0. The number of ether oxygens (including phenoxy) is 1. The highest BCUT2D eigenvalue weighted by molar-refractivity contribution is 5.76. The summed E-state index contributed by atoms with van der Waals surface area (Å²) in [4.78, 5) is 24.5. The van der Waals surface area contributed by atoms with Crippen LogP contribution in [0.25, 0.3) is 0 Å². The summed E-state index contributed by atoms with van der Waals surface area (Å²) in [6.07, 6.45) is 69.6. The van der Waals surface area contributed by atoms with Gasteiger partial charge in [-0.15, -0.1) is 0 Å². The zero-order chi connectivity index (χ0) is 49.3. The molecule has 2 atom stereocenters. The molecule has 0 heterocycles. The third kappa shape index (κ3) is 53.9. The summed E-state index contributed by atoms with van der Waals surface area (Å²) in [5.74, 6) is -0.0559. The molecule has 6 heteroatoms. The van der Waals surface area contributed by atoms with Crippen molar-refractivity contribution in [3.63, 3.8) is 0 Å². The highest BCUT2D eigenvalue weighted by atomic mass is 16.5. The van der Waals surface area contributed by atoms with Gasteiger partial charge in [0, 0.05) is 12.8 Å². The van der Waals surface area contributed by atoms with E-state index < -0.39 is 12.1 Å². The number of nitrogens with one attached hydrogen (secondary N) is 1. The van der Waals surface area contributed by atoms with Gasteiger partial charge in [0.2, 0.25) is 5.91 Å². The molecule has 3 N–H and O–H groups in total. The summed E-state index contributed by atoms with van der Waals surface area (Å²) in [6.45, 7) is 4.92. The summed E-state index contributed by atoms with van der Waals surface area (Å²) in [5.41, 5.74) is 0. The molecule has 1 amide bonds. The number of aliphatic hydroxyl groups excluding tert-OH is 2. The lowest BCUT2D eigenvalue weighted by atomic mass is 10.0. The van der Waals surface area contributed by atoms with Crippen LogP contribution in [0.15, 0.2) is 12.2 Å². The summed E-state index contributed by atoms with van der Waals surface area (Å²) in [6, 6.07) is -0.629. The standard InChI is InChI=1S/C62H121NO5/c1-3-5-7-9-11-13-15-16-17-18-19-22-25-28-31-35-38-42-46-50-54-60(65)59(58-64)63-61(66)55-51-47-43-39-36-32-29-26-23-20-21-24-27-30-33-37-41-45-49-53-57-68-62(67)56-52-48-44-40-34-14-12-10-8-6-4-2/h50,54,59-60,64-65H,3-49,51-53,55-58H2,1-2H3,(H,63,66)/b54-50+. The van der Waals surface area contributed by atoms with Crippen molar-refractivity contribution < 1.29 is 24.5 Å². The van der Waals surface area contributed by atoms with Gasteiger partial charge in [-0.05, 0) is 32.1 Å². The number of aliphatic hydroxyl groups is 2. The molecular weight excluding hydrogens is 839 g/mol. The van der Waals surface area contributed by atoms with Gasteiger partial charge in [-0.1, -0.05) is 315 Å². The molecule has 68 heavy (non-hydrogen) atoms. The molecule has 0 rings (SSSR count). The maximum absolute atomic E-state index is 12.5. The molecule has 0 aliphatic rings. The fraction of sp³-hybridized carbons (Fsp3) is 0.935. The van der Waals surface area contributed by atoms with E-state index in [2.05, 4.69) is 19.2 Å². The molecule has 0 aliphatic carbocycles. The number of unbranched alkanes of at least 4 members (excludes halogenated alkanes) is 47. The van der Waals surface area contributed by atoms with Crippen molar-refractivity contribution >= 4 is 11.9 Å². The van der Waals surface area contributed by atoms with Crippen molar-refractivity contribution in [2.45, 2.75) is 360 Å². The quantitative estimate of drug-likeness (QED) is 0.0321. The number of rotatable bonds is 58. The zero-order valence-corrected chi connectivity index (χ0v) is 46.1. The van der Waals surface area contributed by atoms with E-state index in [0.717, 1.165) is 38.5 Å². The number of amides is 1. The smallest absolute Gasteiger partial charge is 0.305 e. The van der Waals surface area contributed by atoms with E-state index in [0.29, 0.717) is 19.4 Å². The van der Waals surface area contributed by atoms with Gasteiger partial charge in [0.15, 0.2) is 0 Å². The number of hydrogen-bond donors (Lipinski definition) is 3. The molecule has 6 nitrogen and oxygen atoms in total. The van der Waals surface area contributed by atoms with Gasteiger partial charge in [0.05, 0.1) is 25.4 Å². The van der Waals surface area contributed by atoms with Crippen LogP contribution in [0.3, 0.4) is 0 Å². The Morgan fingerprint density at radius 2 is 0.676 bits per heavy atom. The fourth-order valence-corrected chi connectivity index (χ4v) is 9.81. The third-order valence-corrected chi connectivity index (χ3v) is 14.6. The molecule has 0 spiro atoms. The maximum atomic E-state index is 12.5. The van der Waals surface area contributed by atoms with E-state index >= 15 is 0 Å². The minimum absolute atomic E-state index is 0.0103. The van der Waals surface area contributed by atoms with Crippen molar-refractivity contribution in [1.29, 1.82) is 0 Å². The maximum Gasteiger partial charge on any atom is 0.305 e. The van der Waals surface area contributed by atoms with Crippen LogP contribution in [0, 0.1) is 0 Å². The summed E-state index contributed by atoms with van der Waals surface area (Å²) in [5, 5.41) is 23.2. The monoisotopic (exact) mass is 960 g/mol. The van der Waals surface area contributed by atoms with Crippen LogP contribution in [0.5, 0.6) is 0 Å². The van der Waals surface area contributed by atoms with E-state index in [1.807, 2.05) is 6.08 Å². The first-order valence-electron chi connectivity index (χ1n) is 31.0. The molecule has 404 valence electrons. The number of esters is 1. The molecule has 0 aromatic carbocycles. The first-order valence-corrected chi connectivity index (χ1v) is 31.0. The molecule has 0 fully saturated rings. The SMILES string of the molecule is CCCCCCCCCCCCCCCCCCCC/C=C/C(O)C(CO)NC(=O)CCCCCCCCCCCCCCCCCCCCCCOC(=O)CCCCCCCCCCCCC. The Bertz CT molecular complexity index is 1020. The van der Waals surface area contributed by atoms with Crippen LogP contribution in [-0.4, -0.2) is 47.4 Å². The van der Waals surface area contributed by atoms with Crippen LogP contribution in [0.1, 0.15) is 348 Å². The molecule has 0 aromatic rings.